The molecular formula is C42H70N2O6. The number of Topliss-reactive ketones (excluding diaryl/α,β-unsaturated/α-hetero) is 2. The van der Waals surface area contributed by atoms with E-state index in [1.807, 2.05) is 0 Å². The van der Waals surface area contributed by atoms with Gasteiger partial charge in [-0.1, -0.05) is 44.4 Å². The molecule has 0 aromatic heterocycles. The van der Waals surface area contributed by atoms with Gasteiger partial charge in [0, 0.05) is 44.5 Å². The van der Waals surface area contributed by atoms with Gasteiger partial charge < -0.3 is 30.7 Å². The van der Waals surface area contributed by atoms with Crippen LogP contribution in [0.25, 0.3) is 0 Å². The van der Waals surface area contributed by atoms with Crippen molar-refractivity contribution in [1.82, 2.24) is 10.6 Å². The molecule has 0 amide bonds. The monoisotopic (exact) mass is 699 g/mol. The summed E-state index contributed by atoms with van der Waals surface area (Å²) in [6.45, 7) is 4.29. The van der Waals surface area contributed by atoms with Crippen molar-refractivity contribution >= 4 is 11.6 Å². The van der Waals surface area contributed by atoms with E-state index in [4.69, 9.17) is 4.74 Å². The standard InChI is InChI=1S/C42H70N2O6/c1-3-8-33(27-46)34-21-29(19-28-15-17-44-42(22-28)43-16-7-18-45)20-31-12-14-36(30-9-5-4-6-10-30)37-26-40(49)41(50-2)24-32(37)11-13-35(47)25-39(48)38(31)23-34/h28-34,36-38,40-46,49H,3-11,13,15-27H2,1-2H3/t28?,29-,31+,32?,33-,34-,36-,37?,38-,40?,41?,42?/m1/s1. The van der Waals surface area contributed by atoms with E-state index in [2.05, 4.69) is 29.4 Å². The summed E-state index contributed by atoms with van der Waals surface area (Å²) in [4.78, 5) is 27.8. The molecule has 1 heterocycles. The third kappa shape index (κ3) is 10.9. The molecule has 1 aliphatic heterocycles. The molecule has 1 saturated heterocycles. The van der Waals surface area contributed by atoms with Gasteiger partial charge in [-0.15, -0.1) is 0 Å². The van der Waals surface area contributed by atoms with Gasteiger partial charge in [-0.2, -0.15) is 0 Å². The van der Waals surface area contributed by atoms with E-state index in [0.717, 1.165) is 83.7 Å². The van der Waals surface area contributed by atoms with Crippen LogP contribution < -0.4 is 10.6 Å². The van der Waals surface area contributed by atoms with E-state index in [9.17, 15) is 24.9 Å². The summed E-state index contributed by atoms with van der Waals surface area (Å²) in [6.07, 6.45) is 16.7. The number of carbonyl (C=O) groups is 2. The Bertz CT molecular complexity index is 1120. The predicted molar refractivity (Wildman–Crippen MR) is 197 cm³/mol. The second-order valence-corrected chi connectivity index (χ2v) is 17.1. The SMILES string of the molecule is CCC[C@H](CO)[C@@H]1C[C@H](CC2CCNC(NCCCO)C2)C[C@@H]2C#C[C@H](C3CCCCC3)C3CC(O)C(OC)CC3CCC(=O)CC(=O)[C@@H]2C1. The Morgan fingerprint density at radius 3 is 2.50 bits per heavy atom. The lowest BCUT2D eigenvalue weighted by Gasteiger charge is -2.44. The number of hydrogen-bond acceptors (Lipinski definition) is 8. The van der Waals surface area contributed by atoms with Gasteiger partial charge in [0.25, 0.3) is 0 Å². The average Bonchev–Trinajstić information content (AvgIpc) is 3.29. The Morgan fingerprint density at radius 1 is 0.940 bits per heavy atom. The summed E-state index contributed by atoms with van der Waals surface area (Å²) in [6, 6.07) is 0. The number of hydrogen-bond donors (Lipinski definition) is 5. The molecule has 4 fully saturated rings. The van der Waals surface area contributed by atoms with Crippen LogP contribution >= 0.6 is 0 Å². The molecule has 5 rings (SSSR count). The zero-order valence-electron chi connectivity index (χ0n) is 31.3. The van der Waals surface area contributed by atoms with Gasteiger partial charge in [-0.3, -0.25) is 9.59 Å². The van der Waals surface area contributed by atoms with Crippen molar-refractivity contribution in [2.24, 2.45) is 59.2 Å². The Balaban J connectivity index is 1.48. The van der Waals surface area contributed by atoms with Crippen LogP contribution in [0.1, 0.15) is 129 Å². The first-order valence-electron chi connectivity index (χ1n) is 20.8. The summed E-state index contributed by atoms with van der Waals surface area (Å²) in [5.74, 6) is 10.1. The molecule has 284 valence electrons. The van der Waals surface area contributed by atoms with Crippen LogP contribution in [0.3, 0.4) is 0 Å². The molecule has 0 aromatic rings. The Hall–Kier alpha value is -1.34. The largest absolute Gasteiger partial charge is 0.396 e. The van der Waals surface area contributed by atoms with Gasteiger partial charge in [-0.25, -0.2) is 0 Å². The van der Waals surface area contributed by atoms with Crippen molar-refractivity contribution in [3.8, 4) is 11.8 Å². The number of methoxy groups -OCH3 is 1. The number of rotatable bonds is 12. The second-order valence-electron chi connectivity index (χ2n) is 17.1. The van der Waals surface area contributed by atoms with E-state index in [1.54, 1.807) is 7.11 Å². The number of carbonyl (C=O) groups excluding carboxylic acids is 2. The fourth-order valence-corrected chi connectivity index (χ4v) is 11.1. The van der Waals surface area contributed by atoms with E-state index in [-0.39, 0.29) is 84.9 Å². The molecule has 0 spiro atoms. The average molecular weight is 699 g/mol. The summed E-state index contributed by atoms with van der Waals surface area (Å²) >= 11 is 0. The fraction of sp³-hybridized carbons (Fsp3) is 0.905. The van der Waals surface area contributed by atoms with Crippen LogP contribution in [0.4, 0.5) is 0 Å². The quantitative estimate of drug-likeness (QED) is 0.101. The molecular weight excluding hydrogens is 628 g/mol. The highest BCUT2D eigenvalue weighted by molar-refractivity contribution is 6.00. The first kappa shape index (κ1) is 39.9. The number of ketones is 2. The summed E-state index contributed by atoms with van der Waals surface area (Å²) in [7, 11) is 1.68. The van der Waals surface area contributed by atoms with Gasteiger partial charge in [0.05, 0.1) is 24.8 Å². The van der Waals surface area contributed by atoms with Gasteiger partial charge in [0.1, 0.15) is 11.6 Å². The van der Waals surface area contributed by atoms with E-state index in [0.29, 0.717) is 30.6 Å². The highest BCUT2D eigenvalue weighted by atomic mass is 16.5. The molecule has 50 heavy (non-hydrogen) atoms. The van der Waals surface area contributed by atoms with Gasteiger partial charge in [0.15, 0.2) is 0 Å². The molecule has 5 N–H and O–H groups in total. The van der Waals surface area contributed by atoms with Crippen LogP contribution in [0.5, 0.6) is 0 Å². The van der Waals surface area contributed by atoms with Crippen LogP contribution in [0.2, 0.25) is 0 Å². The fourth-order valence-electron chi connectivity index (χ4n) is 11.1. The summed E-state index contributed by atoms with van der Waals surface area (Å²) < 4.78 is 5.73. The molecule has 0 aromatic carbocycles. The molecule has 0 radical (unpaired) electrons. The van der Waals surface area contributed by atoms with Crippen LogP contribution in [-0.2, 0) is 14.3 Å². The molecule has 3 saturated carbocycles. The zero-order chi connectivity index (χ0) is 35.5. The number of aliphatic hydroxyl groups excluding tert-OH is 3. The van der Waals surface area contributed by atoms with Crippen molar-refractivity contribution in [1.29, 1.82) is 0 Å². The maximum Gasteiger partial charge on any atom is 0.144 e. The first-order chi connectivity index (χ1) is 24.3. The first-order valence-corrected chi connectivity index (χ1v) is 20.8. The van der Waals surface area contributed by atoms with E-state index in [1.165, 1.54) is 32.1 Å². The number of nitrogens with one attached hydrogen (secondary N) is 2. The van der Waals surface area contributed by atoms with Crippen LogP contribution in [0.15, 0.2) is 0 Å². The minimum Gasteiger partial charge on any atom is -0.396 e. The van der Waals surface area contributed by atoms with Gasteiger partial charge >= 0.3 is 0 Å². The highest BCUT2D eigenvalue weighted by Gasteiger charge is 2.44. The lowest BCUT2D eigenvalue weighted by atomic mass is 9.63. The van der Waals surface area contributed by atoms with E-state index < -0.39 is 6.10 Å². The second kappa shape index (κ2) is 20.2. The maximum absolute atomic E-state index is 14.3. The molecule has 5 aliphatic rings. The minimum absolute atomic E-state index is 0.00689. The normalized spacial score (nSPS) is 38.4. The zero-order valence-corrected chi connectivity index (χ0v) is 31.3. The lowest BCUT2D eigenvalue weighted by Crippen LogP contribution is -2.48. The molecule has 8 nitrogen and oxygen atoms in total. The highest BCUT2D eigenvalue weighted by Crippen LogP contribution is 2.47. The predicted octanol–water partition coefficient (Wildman–Crippen LogP) is 5.66. The maximum atomic E-state index is 14.3. The molecule has 0 bridgehead atoms. The van der Waals surface area contributed by atoms with Crippen molar-refractivity contribution in [2.45, 2.75) is 147 Å². The summed E-state index contributed by atoms with van der Waals surface area (Å²) in [5, 5.41) is 38.3. The smallest absolute Gasteiger partial charge is 0.144 e. The van der Waals surface area contributed by atoms with Crippen molar-refractivity contribution in [3.05, 3.63) is 0 Å². The molecule has 8 heteroatoms. The van der Waals surface area contributed by atoms with Crippen LogP contribution in [-0.4, -0.2) is 78.7 Å². The minimum atomic E-state index is -0.518. The Morgan fingerprint density at radius 2 is 1.76 bits per heavy atom. The third-order valence-corrected chi connectivity index (χ3v) is 13.8. The van der Waals surface area contributed by atoms with Gasteiger partial charge in [-0.05, 0) is 138 Å². The van der Waals surface area contributed by atoms with Crippen LogP contribution in [0, 0.1) is 71.0 Å². The molecule has 4 aliphatic carbocycles. The third-order valence-electron chi connectivity index (χ3n) is 13.8. The number of ether oxygens (including phenoxy) is 1. The Labute approximate surface area is 303 Å². The number of aliphatic hydroxyl groups is 3. The van der Waals surface area contributed by atoms with Crippen molar-refractivity contribution < 1.29 is 29.6 Å². The summed E-state index contributed by atoms with van der Waals surface area (Å²) in [5.41, 5.74) is 0. The molecule has 6 unspecified atom stereocenters. The van der Waals surface area contributed by atoms with Gasteiger partial charge in [0.2, 0.25) is 0 Å². The lowest BCUT2D eigenvalue weighted by molar-refractivity contribution is -0.131. The molecule has 12 atom stereocenters. The Kier molecular flexibility index (Phi) is 16.1. The topological polar surface area (TPSA) is 128 Å². The number of piperidine rings is 1. The van der Waals surface area contributed by atoms with Crippen molar-refractivity contribution in [3.63, 3.8) is 0 Å². The van der Waals surface area contributed by atoms with E-state index >= 15 is 0 Å². The van der Waals surface area contributed by atoms with Crippen molar-refractivity contribution in [2.75, 3.05) is 33.4 Å². The number of fused-ring (bicyclic) bond motifs is 2.